The Labute approximate surface area is 170 Å². The van der Waals surface area contributed by atoms with Gasteiger partial charge in [0.25, 0.3) is 17.4 Å². The molecule has 0 radical (unpaired) electrons. The van der Waals surface area contributed by atoms with E-state index in [-0.39, 0.29) is 30.2 Å². The van der Waals surface area contributed by atoms with E-state index in [9.17, 15) is 14.4 Å². The minimum absolute atomic E-state index is 0.137. The molecule has 150 valence electrons. The maximum Gasteiger partial charge on any atom is 0.272 e. The van der Waals surface area contributed by atoms with Gasteiger partial charge in [0.1, 0.15) is 5.76 Å². The highest BCUT2D eigenvalue weighted by Crippen LogP contribution is 2.13. The molecule has 0 saturated carbocycles. The van der Waals surface area contributed by atoms with Crippen LogP contribution in [0.2, 0.25) is 0 Å². The molecule has 0 bridgehead atoms. The Morgan fingerprint density at radius 2 is 1.70 bits per heavy atom. The highest BCUT2D eigenvalue weighted by molar-refractivity contribution is 6.04. The summed E-state index contributed by atoms with van der Waals surface area (Å²) in [5, 5.41) is 12.7. The molecule has 8 heteroatoms. The van der Waals surface area contributed by atoms with Crippen molar-refractivity contribution < 1.29 is 14.0 Å². The Morgan fingerprint density at radius 3 is 2.50 bits per heavy atom. The van der Waals surface area contributed by atoms with Crippen molar-refractivity contribution in [2.45, 2.75) is 13.1 Å². The SMILES string of the molecule is O=C(NCc1ccco1)c1cccc(CNC(=O)c2n[nH]c(=O)c3ccccc23)c1. The first kappa shape index (κ1) is 19.1. The Morgan fingerprint density at radius 1 is 0.900 bits per heavy atom. The fraction of sp³-hybridized carbons (Fsp3) is 0.0909. The first-order valence-corrected chi connectivity index (χ1v) is 9.27. The van der Waals surface area contributed by atoms with Crippen LogP contribution in [0.3, 0.4) is 0 Å². The van der Waals surface area contributed by atoms with Crippen molar-refractivity contribution in [2.24, 2.45) is 0 Å². The Balaban J connectivity index is 1.43. The van der Waals surface area contributed by atoms with Crippen LogP contribution >= 0.6 is 0 Å². The lowest BCUT2D eigenvalue weighted by atomic mass is 10.1. The molecule has 30 heavy (non-hydrogen) atoms. The van der Waals surface area contributed by atoms with Gasteiger partial charge in [-0.1, -0.05) is 30.3 Å². The Hall–Kier alpha value is -4.20. The fourth-order valence-electron chi connectivity index (χ4n) is 3.06. The molecule has 0 fully saturated rings. The Bertz CT molecular complexity index is 1260. The van der Waals surface area contributed by atoms with Crippen LogP contribution in [-0.4, -0.2) is 22.0 Å². The number of carbonyl (C=O) groups excluding carboxylic acids is 2. The van der Waals surface area contributed by atoms with Gasteiger partial charge in [-0.3, -0.25) is 14.4 Å². The largest absolute Gasteiger partial charge is 0.467 e. The molecule has 0 aliphatic heterocycles. The van der Waals surface area contributed by atoms with Gasteiger partial charge in [0, 0.05) is 17.5 Å². The van der Waals surface area contributed by atoms with Crippen LogP contribution < -0.4 is 16.2 Å². The van der Waals surface area contributed by atoms with Gasteiger partial charge in [-0.15, -0.1) is 0 Å². The number of amides is 2. The van der Waals surface area contributed by atoms with Gasteiger partial charge >= 0.3 is 0 Å². The zero-order chi connectivity index (χ0) is 20.9. The molecule has 0 atom stereocenters. The summed E-state index contributed by atoms with van der Waals surface area (Å²) >= 11 is 0. The number of hydrogen-bond donors (Lipinski definition) is 3. The minimum Gasteiger partial charge on any atom is -0.467 e. The molecule has 8 nitrogen and oxygen atoms in total. The van der Waals surface area contributed by atoms with Gasteiger partial charge in [0.2, 0.25) is 0 Å². The van der Waals surface area contributed by atoms with Crippen molar-refractivity contribution in [3.63, 3.8) is 0 Å². The molecular formula is C22H18N4O4. The summed E-state index contributed by atoms with van der Waals surface area (Å²) in [6, 6.07) is 17.3. The van der Waals surface area contributed by atoms with E-state index in [0.717, 1.165) is 5.56 Å². The van der Waals surface area contributed by atoms with Gasteiger partial charge in [-0.2, -0.15) is 5.10 Å². The molecule has 0 saturated heterocycles. The number of H-pyrrole nitrogens is 1. The van der Waals surface area contributed by atoms with E-state index in [1.807, 2.05) is 6.07 Å². The van der Waals surface area contributed by atoms with Crippen LogP contribution in [0, 0.1) is 0 Å². The lowest BCUT2D eigenvalue weighted by molar-refractivity contribution is 0.0941. The second-order valence-electron chi connectivity index (χ2n) is 6.59. The number of aromatic amines is 1. The molecule has 0 unspecified atom stereocenters. The molecule has 3 N–H and O–H groups in total. The zero-order valence-corrected chi connectivity index (χ0v) is 15.8. The maximum absolute atomic E-state index is 12.6. The van der Waals surface area contributed by atoms with Gasteiger partial charge in [-0.05, 0) is 35.9 Å². The van der Waals surface area contributed by atoms with Gasteiger partial charge in [0.15, 0.2) is 5.69 Å². The lowest BCUT2D eigenvalue weighted by Crippen LogP contribution is -2.26. The average Bonchev–Trinajstić information content (AvgIpc) is 3.30. The average molecular weight is 402 g/mol. The predicted molar refractivity (Wildman–Crippen MR) is 110 cm³/mol. The monoisotopic (exact) mass is 402 g/mol. The smallest absolute Gasteiger partial charge is 0.272 e. The highest BCUT2D eigenvalue weighted by Gasteiger charge is 2.14. The number of carbonyl (C=O) groups is 2. The summed E-state index contributed by atoms with van der Waals surface area (Å²) in [7, 11) is 0. The van der Waals surface area contributed by atoms with E-state index >= 15 is 0 Å². The van der Waals surface area contributed by atoms with Crippen LogP contribution in [0.4, 0.5) is 0 Å². The number of hydrogen-bond acceptors (Lipinski definition) is 5. The molecular weight excluding hydrogens is 384 g/mol. The van der Waals surface area contributed by atoms with Crippen molar-refractivity contribution in [1.82, 2.24) is 20.8 Å². The number of nitrogens with zero attached hydrogens (tertiary/aromatic N) is 1. The van der Waals surface area contributed by atoms with Crippen molar-refractivity contribution in [3.05, 3.63) is 99.9 Å². The van der Waals surface area contributed by atoms with E-state index in [2.05, 4.69) is 20.8 Å². The first-order chi connectivity index (χ1) is 14.6. The molecule has 0 aliphatic rings. The summed E-state index contributed by atoms with van der Waals surface area (Å²) in [6.45, 7) is 0.491. The molecule has 4 rings (SSSR count). The number of rotatable bonds is 6. The van der Waals surface area contributed by atoms with Crippen molar-refractivity contribution in [1.29, 1.82) is 0 Å². The number of furan rings is 1. The molecule has 4 aromatic rings. The second-order valence-corrected chi connectivity index (χ2v) is 6.59. The van der Waals surface area contributed by atoms with Gasteiger partial charge in [0.05, 0.1) is 18.2 Å². The van der Waals surface area contributed by atoms with E-state index in [0.29, 0.717) is 22.1 Å². The summed E-state index contributed by atoms with van der Waals surface area (Å²) in [4.78, 5) is 36.8. The van der Waals surface area contributed by atoms with E-state index in [1.54, 1.807) is 60.9 Å². The third-order valence-corrected chi connectivity index (χ3v) is 4.56. The molecule has 0 aliphatic carbocycles. The van der Waals surface area contributed by atoms with E-state index in [4.69, 9.17) is 4.42 Å². The molecule has 0 spiro atoms. The summed E-state index contributed by atoms with van der Waals surface area (Å²) < 4.78 is 5.20. The minimum atomic E-state index is -0.421. The summed E-state index contributed by atoms with van der Waals surface area (Å²) in [5.74, 6) is -0.00427. The van der Waals surface area contributed by atoms with Crippen LogP contribution in [0.5, 0.6) is 0 Å². The molecule has 2 heterocycles. The number of aromatic nitrogens is 2. The van der Waals surface area contributed by atoms with Gasteiger partial charge < -0.3 is 15.1 Å². The quantitative estimate of drug-likeness (QED) is 0.458. The summed E-state index contributed by atoms with van der Waals surface area (Å²) in [6.07, 6.45) is 1.55. The van der Waals surface area contributed by atoms with Crippen LogP contribution in [0.25, 0.3) is 10.8 Å². The Kier molecular flexibility index (Phi) is 5.38. The number of nitrogens with one attached hydrogen (secondary N) is 3. The highest BCUT2D eigenvalue weighted by atomic mass is 16.3. The second kappa shape index (κ2) is 8.44. The van der Waals surface area contributed by atoms with Crippen LogP contribution in [0.15, 0.2) is 76.1 Å². The number of fused-ring (bicyclic) bond motifs is 1. The topological polar surface area (TPSA) is 117 Å². The molecule has 2 aromatic heterocycles. The predicted octanol–water partition coefficient (Wildman–Crippen LogP) is 2.38. The van der Waals surface area contributed by atoms with Gasteiger partial charge in [-0.25, -0.2) is 5.10 Å². The van der Waals surface area contributed by atoms with Crippen molar-refractivity contribution >= 4 is 22.6 Å². The third-order valence-electron chi connectivity index (χ3n) is 4.56. The van der Waals surface area contributed by atoms with Crippen molar-refractivity contribution in [3.8, 4) is 0 Å². The van der Waals surface area contributed by atoms with E-state index in [1.165, 1.54) is 0 Å². The third kappa shape index (κ3) is 4.12. The van der Waals surface area contributed by atoms with Crippen LogP contribution in [-0.2, 0) is 13.1 Å². The van der Waals surface area contributed by atoms with Crippen molar-refractivity contribution in [2.75, 3.05) is 0 Å². The molecule has 2 amide bonds. The number of benzene rings is 2. The maximum atomic E-state index is 12.6. The first-order valence-electron chi connectivity index (χ1n) is 9.27. The normalized spacial score (nSPS) is 10.7. The standard InChI is InChI=1S/C22H18N4O4/c27-20(24-13-16-7-4-10-30-16)15-6-3-5-14(11-15)12-23-22(29)19-17-8-1-2-9-18(17)21(28)26-25-19/h1-11H,12-13H2,(H,23,29)(H,24,27)(H,26,28). The van der Waals surface area contributed by atoms with E-state index < -0.39 is 5.91 Å². The zero-order valence-electron chi connectivity index (χ0n) is 15.8. The molecule has 2 aromatic carbocycles. The fourth-order valence-corrected chi connectivity index (χ4v) is 3.06. The van der Waals surface area contributed by atoms with Crippen LogP contribution in [0.1, 0.15) is 32.2 Å². The lowest BCUT2D eigenvalue weighted by Gasteiger charge is -2.09. The summed E-state index contributed by atoms with van der Waals surface area (Å²) in [5.41, 5.74) is 1.01.